The highest BCUT2D eigenvalue weighted by Crippen LogP contribution is 2.23. The summed E-state index contributed by atoms with van der Waals surface area (Å²) in [6.07, 6.45) is 5.05. The zero-order chi connectivity index (χ0) is 12.5. The second-order valence-corrected chi connectivity index (χ2v) is 6.25. The average Bonchev–Trinajstić information content (AvgIpc) is 2.85. The molecule has 18 heavy (non-hydrogen) atoms. The quantitative estimate of drug-likeness (QED) is 0.654. The van der Waals surface area contributed by atoms with E-state index in [0.717, 1.165) is 32.7 Å². The van der Waals surface area contributed by atoms with Gasteiger partial charge in [-0.05, 0) is 38.1 Å². The topological polar surface area (TPSA) is 26.8 Å². The van der Waals surface area contributed by atoms with Gasteiger partial charge in [0, 0.05) is 38.8 Å². The highest BCUT2D eigenvalue weighted by atomic mass is 16.2. The maximum atomic E-state index is 12.5. The first-order chi connectivity index (χ1) is 8.74. The van der Waals surface area contributed by atoms with Crippen LogP contribution < -0.4 is 0 Å². The number of hydrogen-bond acceptors (Lipinski definition) is 2. The predicted molar refractivity (Wildman–Crippen MR) is 71.5 cm³/mol. The molecule has 0 saturated carbocycles. The molecular formula is C14H25N3O. The molecule has 4 heteroatoms. The molecule has 0 aromatic rings. The fourth-order valence-corrected chi connectivity index (χ4v) is 3.73. The van der Waals surface area contributed by atoms with Crippen LogP contribution in [0.3, 0.4) is 0 Å². The lowest BCUT2D eigenvalue weighted by molar-refractivity contribution is 0.0859. The first-order valence-corrected chi connectivity index (χ1v) is 7.52. The minimum absolute atomic E-state index is 0.299. The van der Waals surface area contributed by atoms with Crippen LogP contribution in [0.5, 0.6) is 0 Å². The number of rotatable bonds is 0. The largest absolute Gasteiger partial charge is 0.324 e. The molecule has 4 nitrogen and oxygen atoms in total. The summed E-state index contributed by atoms with van der Waals surface area (Å²) < 4.78 is 0. The Labute approximate surface area is 110 Å². The Hall–Kier alpha value is -0.770. The van der Waals surface area contributed by atoms with E-state index in [9.17, 15) is 4.79 Å². The fourth-order valence-electron chi connectivity index (χ4n) is 3.73. The number of carbonyl (C=O) groups is 1. The van der Waals surface area contributed by atoms with Crippen molar-refractivity contribution in [1.82, 2.24) is 14.7 Å². The summed E-state index contributed by atoms with van der Waals surface area (Å²) in [6, 6.07) is 0.943. The van der Waals surface area contributed by atoms with Crippen molar-refractivity contribution in [2.75, 3.05) is 39.3 Å². The standard InChI is InChI=1S/C14H25N3O/c1-12-4-2-7-16(10-12)14(18)17-9-8-15-6-3-5-13(15)11-17/h12-13H,2-11H2,1H3. The summed E-state index contributed by atoms with van der Waals surface area (Å²) in [6.45, 7) is 8.41. The Balaban J connectivity index is 1.59. The van der Waals surface area contributed by atoms with Gasteiger partial charge in [-0.3, -0.25) is 4.90 Å². The molecule has 0 bridgehead atoms. The molecule has 2 amide bonds. The third-order valence-corrected chi connectivity index (χ3v) is 4.79. The van der Waals surface area contributed by atoms with Gasteiger partial charge in [-0.1, -0.05) is 6.92 Å². The molecule has 3 aliphatic rings. The van der Waals surface area contributed by atoms with Gasteiger partial charge >= 0.3 is 6.03 Å². The first-order valence-electron chi connectivity index (χ1n) is 7.52. The van der Waals surface area contributed by atoms with Crippen molar-refractivity contribution in [3.05, 3.63) is 0 Å². The van der Waals surface area contributed by atoms with E-state index in [1.165, 1.54) is 32.2 Å². The lowest BCUT2D eigenvalue weighted by Gasteiger charge is -2.41. The molecule has 3 aliphatic heterocycles. The third-order valence-electron chi connectivity index (χ3n) is 4.79. The smallest absolute Gasteiger partial charge is 0.320 e. The highest BCUT2D eigenvalue weighted by molar-refractivity contribution is 5.74. The molecule has 3 fully saturated rings. The van der Waals surface area contributed by atoms with Gasteiger partial charge in [0.05, 0.1) is 0 Å². The highest BCUT2D eigenvalue weighted by Gasteiger charge is 2.34. The van der Waals surface area contributed by atoms with Crippen LogP contribution in [0.4, 0.5) is 4.79 Å². The minimum Gasteiger partial charge on any atom is -0.324 e. The molecule has 2 unspecified atom stereocenters. The SMILES string of the molecule is CC1CCCN(C(=O)N2CCN3CCCC3C2)C1. The molecule has 102 valence electrons. The van der Waals surface area contributed by atoms with Gasteiger partial charge in [0.1, 0.15) is 0 Å². The Morgan fingerprint density at radius 1 is 0.944 bits per heavy atom. The molecule has 3 rings (SSSR count). The van der Waals surface area contributed by atoms with E-state index < -0.39 is 0 Å². The van der Waals surface area contributed by atoms with Crippen molar-refractivity contribution < 1.29 is 4.79 Å². The first kappa shape index (κ1) is 12.3. The van der Waals surface area contributed by atoms with Crippen molar-refractivity contribution in [3.8, 4) is 0 Å². The average molecular weight is 251 g/mol. The normalized spacial score (nSPS) is 33.6. The van der Waals surface area contributed by atoms with Crippen LogP contribution in [-0.2, 0) is 0 Å². The molecule has 0 spiro atoms. The Morgan fingerprint density at radius 2 is 1.72 bits per heavy atom. The molecule has 3 heterocycles. The lowest BCUT2D eigenvalue weighted by atomic mass is 10.0. The number of urea groups is 1. The molecule has 0 aromatic carbocycles. The number of piperazine rings is 1. The second kappa shape index (κ2) is 5.08. The van der Waals surface area contributed by atoms with Gasteiger partial charge in [0.2, 0.25) is 0 Å². The molecule has 0 N–H and O–H groups in total. The maximum absolute atomic E-state index is 12.5. The number of nitrogens with zero attached hydrogens (tertiary/aromatic N) is 3. The zero-order valence-electron chi connectivity index (χ0n) is 11.5. The zero-order valence-corrected chi connectivity index (χ0v) is 11.5. The molecular weight excluding hydrogens is 226 g/mol. The molecule has 2 atom stereocenters. The van der Waals surface area contributed by atoms with Crippen molar-refractivity contribution in [2.24, 2.45) is 5.92 Å². The monoisotopic (exact) mass is 251 g/mol. The second-order valence-electron chi connectivity index (χ2n) is 6.25. The van der Waals surface area contributed by atoms with E-state index in [1.54, 1.807) is 0 Å². The fraction of sp³-hybridized carbons (Fsp3) is 0.929. The van der Waals surface area contributed by atoms with Crippen molar-refractivity contribution in [3.63, 3.8) is 0 Å². The molecule has 0 aliphatic carbocycles. The summed E-state index contributed by atoms with van der Waals surface area (Å²) in [5.74, 6) is 0.676. The number of likely N-dealkylation sites (tertiary alicyclic amines) is 1. The van der Waals surface area contributed by atoms with Crippen molar-refractivity contribution >= 4 is 6.03 Å². The number of piperidine rings is 1. The van der Waals surface area contributed by atoms with Gasteiger partial charge in [-0.2, -0.15) is 0 Å². The maximum Gasteiger partial charge on any atom is 0.320 e. The molecule has 0 radical (unpaired) electrons. The van der Waals surface area contributed by atoms with Crippen LogP contribution >= 0.6 is 0 Å². The van der Waals surface area contributed by atoms with Crippen LogP contribution in [0.15, 0.2) is 0 Å². The van der Waals surface area contributed by atoms with Gasteiger partial charge in [0.25, 0.3) is 0 Å². The Bertz CT molecular complexity index is 320. The van der Waals surface area contributed by atoms with Gasteiger partial charge in [-0.25, -0.2) is 4.79 Å². The summed E-state index contributed by atoms with van der Waals surface area (Å²) in [4.78, 5) is 19.3. The summed E-state index contributed by atoms with van der Waals surface area (Å²) in [5.41, 5.74) is 0. The number of amides is 2. The van der Waals surface area contributed by atoms with Gasteiger partial charge in [-0.15, -0.1) is 0 Å². The minimum atomic E-state index is 0.299. The Morgan fingerprint density at radius 3 is 2.56 bits per heavy atom. The number of hydrogen-bond donors (Lipinski definition) is 0. The number of fused-ring (bicyclic) bond motifs is 1. The van der Waals surface area contributed by atoms with E-state index in [4.69, 9.17) is 0 Å². The Kier molecular flexibility index (Phi) is 3.46. The van der Waals surface area contributed by atoms with Crippen molar-refractivity contribution in [1.29, 1.82) is 0 Å². The summed E-state index contributed by atoms with van der Waals surface area (Å²) in [7, 11) is 0. The van der Waals surface area contributed by atoms with Crippen LogP contribution in [0, 0.1) is 5.92 Å². The van der Waals surface area contributed by atoms with E-state index in [-0.39, 0.29) is 0 Å². The lowest BCUT2D eigenvalue weighted by Crippen LogP contribution is -2.56. The van der Waals surface area contributed by atoms with Gasteiger partial charge in [0.15, 0.2) is 0 Å². The van der Waals surface area contributed by atoms with Crippen LogP contribution in [-0.4, -0.2) is 66.0 Å². The van der Waals surface area contributed by atoms with Crippen LogP contribution in [0.25, 0.3) is 0 Å². The van der Waals surface area contributed by atoms with Crippen molar-refractivity contribution in [2.45, 2.75) is 38.6 Å². The van der Waals surface area contributed by atoms with E-state index in [2.05, 4.69) is 21.6 Å². The van der Waals surface area contributed by atoms with Crippen LogP contribution in [0.2, 0.25) is 0 Å². The molecule has 3 saturated heterocycles. The van der Waals surface area contributed by atoms with E-state index in [1.807, 2.05) is 0 Å². The van der Waals surface area contributed by atoms with Gasteiger partial charge < -0.3 is 9.80 Å². The molecule has 0 aromatic heterocycles. The number of carbonyl (C=O) groups excluding carboxylic acids is 1. The van der Waals surface area contributed by atoms with E-state index in [0.29, 0.717) is 18.0 Å². The van der Waals surface area contributed by atoms with E-state index >= 15 is 0 Å². The summed E-state index contributed by atoms with van der Waals surface area (Å²) >= 11 is 0. The summed E-state index contributed by atoms with van der Waals surface area (Å²) in [5, 5.41) is 0. The third kappa shape index (κ3) is 2.35. The van der Waals surface area contributed by atoms with Crippen LogP contribution in [0.1, 0.15) is 32.6 Å². The predicted octanol–water partition coefficient (Wildman–Crippen LogP) is 1.62.